The maximum Gasteiger partial charge on any atom is 0.326 e. The van der Waals surface area contributed by atoms with E-state index in [1.165, 1.54) is 0 Å². The summed E-state index contributed by atoms with van der Waals surface area (Å²) in [5.41, 5.74) is 5.80. The summed E-state index contributed by atoms with van der Waals surface area (Å²) in [7, 11) is 0. The van der Waals surface area contributed by atoms with Crippen LogP contribution >= 0.6 is 0 Å². The fourth-order valence-electron chi connectivity index (χ4n) is 4.40. The molecular weight excluding hydrogens is 458 g/mol. The van der Waals surface area contributed by atoms with E-state index in [2.05, 4.69) is 15.6 Å². The number of carbonyl (C=O) groups is 2. The third-order valence-corrected chi connectivity index (χ3v) is 6.07. The molecule has 0 saturated carbocycles. The van der Waals surface area contributed by atoms with Crippen molar-refractivity contribution in [1.82, 2.24) is 10.3 Å². The number of benzene rings is 2. The number of carbonyl (C=O) groups excluding carboxylic acids is 1. The molecule has 0 saturated heterocycles. The molecule has 36 heavy (non-hydrogen) atoms. The molecular formula is C28H31N3O5. The number of ether oxygens (including phenoxy) is 2. The second-order valence-electron chi connectivity index (χ2n) is 9.02. The van der Waals surface area contributed by atoms with Gasteiger partial charge in [0, 0.05) is 30.6 Å². The van der Waals surface area contributed by atoms with E-state index in [0.717, 1.165) is 40.2 Å². The number of amides is 1. The first kappa shape index (κ1) is 25.0. The Balaban J connectivity index is 1.32. The Morgan fingerprint density at radius 2 is 1.83 bits per heavy atom. The van der Waals surface area contributed by atoms with Gasteiger partial charge in [-0.15, -0.1) is 0 Å². The number of carboxylic acids is 1. The number of hydrogen-bond donors (Lipinski definition) is 3. The van der Waals surface area contributed by atoms with Crippen molar-refractivity contribution >= 4 is 17.6 Å². The minimum atomic E-state index is -1.08. The minimum Gasteiger partial charge on any atom is -0.493 e. The van der Waals surface area contributed by atoms with Crippen LogP contribution in [0.4, 0.5) is 5.69 Å². The quantitative estimate of drug-likeness (QED) is 0.419. The second-order valence-corrected chi connectivity index (χ2v) is 9.02. The predicted molar refractivity (Wildman–Crippen MR) is 137 cm³/mol. The van der Waals surface area contributed by atoms with Crippen LogP contribution in [0, 0.1) is 20.8 Å². The summed E-state index contributed by atoms with van der Waals surface area (Å²) in [6, 6.07) is 13.9. The molecule has 0 fully saturated rings. The van der Waals surface area contributed by atoms with Crippen LogP contribution in [-0.2, 0) is 17.6 Å². The van der Waals surface area contributed by atoms with E-state index in [1.54, 1.807) is 12.1 Å². The summed E-state index contributed by atoms with van der Waals surface area (Å²) in [5.74, 6) is -0.163. The maximum atomic E-state index is 12.9. The zero-order valence-electron chi connectivity index (χ0n) is 20.8. The number of nitrogens with zero attached hydrogens (tertiary/aromatic N) is 1. The van der Waals surface area contributed by atoms with Crippen molar-refractivity contribution in [2.24, 2.45) is 0 Å². The summed E-state index contributed by atoms with van der Waals surface area (Å²) in [6.07, 6.45) is 0.793. The highest BCUT2D eigenvalue weighted by Gasteiger charge is 2.23. The molecule has 1 aromatic heterocycles. The number of pyridine rings is 1. The molecule has 3 N–H and O–H groups in total. The fraction of sp³-hybridized carbons (Fsp3) is 0.321. The van der Waals surface area contributed by atoms with Crippen molar-refractivity contribution < 1.29 is 24.2 Å². The number of aryl methyl sites for hydroxylation is 3. The summed E-state index contributed by atoms with van der Waals surface area (Å²) in [5, 5.41) is 15.6. The molecule has 1 atom stereocenters. The molecule has 188 valence electrons. The van der Waals surface area contributed by atoms with Crippen LogP contribution in [0.1, 0.15) is 38.3 Å². The number of anilines is 1. The fourth-order valence-corrected chi connectivity index (χ4v) is 4.40. The SMILES string of the molecule is Cc1cc(C)c(C(=O)N[C@@H](Cc2ccc(OCCc3ccc4c(n3)OCCN4)cc2)C(=O)O)c(C)c1. The molecule has 2 aromatic carbocycles. The Labute approximate surface area is 210 Å². The molecule has 0 bridgehead atoms. The van der Waals surface area contributed by atoms with E-state index >= 15 is 0 Å². The molecule has 2 heterocycles. The van der Waals surface area contributed by atoms with Gasteiger partial charge in [0.2, 0.25) is 5.88 Å². The summed E-state index contributed by atoms with van der Waals surface area (Å²) in [4.78, 5) is 29.2. The number of hydrogen-bond acceptors (Lipinski definition) is 6. The van der Waals surface area contributed by atoms with Gasteiger partial charge in [0.25, 0.3) is 5.91 Å². The second kappa shape index (κ2) is 11.1. The lowest BCUT2D eigenvalue weighted by Crippen LogP contribution is -2.42. The van der Waals surface area contributed by atoms with Crippen LogP contribution in [0.2, 0.25) is 0 Å². The average Bonchev–Trinajstić information content (AvgIpc) is 2.84. The third kappa shape index (κ3) is 6.13. The van der Waals surface area contributed by atoms with Crippen LogP contribution < -0.4 is 20.1 Å². The van der Waals surface area contributed by atoms with Crippen molar-refractivity contribution in [3.8, 4) is 11.6 Å². The number of aromatic nitrogens is 1. The minimum absolute atomic E-state index is 0.165. The van der Waals surface area contributed by atoms with Gasteiger partial charge in [-0.25, -0.2) is 9.78 Å². The molecule has 8 heteroatoms. The summed E-state index contributed by atoms with van der Waals surface area (Å²) in [6.45, 7) is 7.50. The number of fused-ring (bicyclic) bond motifs is 1. The standard InChI is InChI=1S/C28H31N3O5/c1-17-14-18(2)25(19(3)15-17)26(32)31-24(28(33)34)16-20-4-7-22(8-5-20)35-12-10-21-6-9-23-27(30-21)36-13-11-29-23/h4-9,14-15,24,29H,10-13,16H2,1-3H3,(H,31,32)(H,33,34)/t24-/m0/s1. The average molecular weight is 490 g/mol. The van der Waals surface area contributed by atoms with E-state index in [1.807, 2.05) is 57.2 Å². The molecule has 1 aliphatic heterocycles. The number of aliphatic carboxylic acids is 1. The largest absolute Gasteiger partial charge is 0.493 e. The zero-order chi connectivity index (χ0) is 25.7. The molecule has 0 unspecified atom stereocenters. The molecule has 0 aliphatic carbocycles. The Bertz CT molecular complexity index is 1230. The molecule has 4 rings (SSSR count). The first-order valence-corrected chi connectivity index (χ1v) is 12.0. The lowest BCUT2D eigenvalue weighted by atomic mass is 9.98. The Hall–Kier alpha value is -4.07. The van der Waals surface area contributed by atoms with Gasteiger partial charge >= 0.3 is 5.97 Å². The van der Waals surface area contributed by atoms with Crippen LogP contribution in [0.25, 0.3) is 0 Å². The molecule has 0 spiro atoms. The monoisotopic (exact) mass is 489 g/mol. The molecule has 8 nitrogen and oxygen atoms in total. The van der Waals surface area contributed by atoms with Crippen molar-refractivity contribution in [3.63, 3.8) is 0 Å². The van der Waals surface area contributed by atoms with E-state index in [0.29, 0.717) is 36.8 Å². The highest BCUT2D eigenvalue weighted by Crippen LogP contribution is 2.25. The van der Waals surface area contributed by atoms with Crippen molar-refractivity contribution in [3.05, 3.63) is 82.0 Å². The number of rotatable bonds is 9. The van der Waals surface area contributed by atoms with Gasteiger partial charge in [0.1, 0.15) is 18.4 Å². The van der Waals surface area contributed by atoms with Gasteiger partial charge in [-0.05, 0) is 61.7 Å². The highest BCUT2D eigenvalue weighted by molar-refractivity contribution is 5.99. The lowest BCUT2D eigenvalue weighted by Gasteiger charge is -2.18. The summed E-state index contributed by atoms with van der Waals surface area (Å²) >= 11 is 0. The first-order valence-electron chi connectivity index (χ1n) is 12.0. The van der Waals surface area contributed by atoms with Gasteiger partial charge < -0.3 is 25.2 Å². The van der Waals surface area contributed by atoms with Gasteiger partial charge in [0.05, 0.1) is 12.3 Å². The Morgan fingerprint density at radius 3 is 2.53 bits per heavy atom. The maximum absolute atomic E-state index is 12.9. The van der Waals surface area contributed by atoms with Gasteiger partial charge in [-0.3, -0.25) is 4.79 Å². The molecule has 1 amide bonds. The van der Waals surface area contributed by atoms with Gasteiger partial charge in [-0.2, -0.15) is 0 Å². The first-order chi connectivity index (χ1) is 17.3. The Morgan fingerprint density at radius 1 is 1.11 bits per heavy atom. The number of nitrogens with one attached hydrogen (secondary N) is 2. The third-order valence-electron chi connectivity index (χ3n) is 6.07. The van der Waals surface area contributed by atoms with Crippen LogP contribution in [0.3, 0.4) is 0 Å². The van der Waals surface area contributed by atoms with Gasteiger partial charge in [0.15, 0.2) is 0 Å². The highest BCUT2D eigenvalue weighted by atomic mass is 16.5. The van der Waals surface area contributed by atoms with Crippen molar-refractivity contribution in [2.45, 2.75) is 39.7 Å². The zero-order valence-corrected chi connectivity index (χ0v) is 20.8. The molecule has 1 aliphatic rings. The normalized spacial score (nSPS) is 13.1. The van der Waals surface area contributed by atoms with E-state index in [9.17, 15) is 14.7 Å². The van der Waals surface area contributed by atoms with Gasteiger partial charge in [-0.1, -0.05) is 29.8 Å². The van der Waals surface area contributed by atoms with Crippen LogP contribution in [0.15, 0.2) is 48.5 Å². The van der Waals surface area contributed by atoms with Crippen LogP contribution in [0.5, 0.6) is 11.6 Å². The molecule has 3 aromatic rings. The van der Waals surface area contributed by atoms with E-state index < -0.39 is 12.0 Å². The summed E-state index contributed by atoms with van der Waals surface area (Å²) < 4.78 is 11.4. The predicted octanol–water partition coefficient (Wildman–Crippen LogP) is 3.86. The van der Waals surface area contributed by atoms with Crippen molar-refractivity contribution in [1.29, 1.82) is 0 Å². The lowest BCUT2D eigenvalue weighted by molar-refractivity contribution is -0.139. The Kier molecular flexibility index (Phi) is 7.73. The topological polar surface area (TPSA) is 110 Å². The molecule has 0 radical (unpaired) electrons. The van der Waals surface area contributed by atoms with Crippen molar-refractivity contribution in [2.75, 3.05) is 25.1 Å². The smallest absolute Gasteiger partial charge is 0.326 e. The van der Waals surface area contributed by atoms with E-state index in [-0.39, 0.29) is 12.3 Å². The number of carboxylic acid groups (broad SMARTS) is 1. The van der Waals surface area contributed by atoms with Crippen LogP contribution in [-0.4, -0.2) is 47.8 Å². The van der Waals surface area contributed by atoms with E-state index in [4.69, 9.17) is 9.47 Å².